The smallest absolute Gasteiger partial charge is 0.176 e. The van der Waals surface area contributed by atoms with Crippen molar-refractivity contribution in [3.8, 4) is 11.4 Å². The van der Waals surface area contributed by atoms with Crippen LogP contribution in [0.2, 0.25) is 0 Å². The van der Waals surface area contributed by atoms with Crippen LogP contribution in [0.4, 0.5) is 0 Å². The number of rotatable bonds is 0. The van der Waals surface area contributed by atoms with Gasteiger partial charge < -0.3 is 5.21 Å². The van der Waals surface area contributed by atoms with E-state index in [-0.39, 0.29) is 0 Å². The van der Waals surface area contributed by atoms with Gasteiger partial charge in [-0.25, -0.2) is 4.98 Å². The summed E-state index contributed by atoms with van der Waals surface area (Å²) >= 11 is 3.35. The lowest BCUT2D eigenvalue weighted by molar-refractivity contribution is 0.186. The molecule has 56 valence electrons. The van der Waals surface area contributed by atoms with Gasteiger partial charge in [0.25, 0.3) is 0 Å². The number of fused-ring (bicyclic) bond motifs is 1. The molecule has 2 aliphatic rings. The van der Waals surface area contributed by atoms with Crippen LogP contribution in [-0.2, 0) is 0 Å². The van der Waals surface area contributed by atoms with Gasteiger partial charge in [-0.15, -0.1) is 0 Å². The van der Waals surface area contributed by atoms with Gasteiger partial charge in [-0.1, -0.05) is 0 Å². The number of nitrogens with zero attached hydrogens (tertiary/aromatic N) is 2. The summed E-state index contributed by atoms with van der Waals surface area (Å²) in [5.74, 6) is 0.569. The molecular formula is C7H5BrN2O. The fourth-order valence-electron chi connectivity index (χ4n) is 0.992. The van der Waals surface area contributed by atoms with Crippen molar-refractivity contribution in [2.45, 2.75) is 0 Å². The van der Waals surface area contributed by atoms with Crippen LogP contribution in [0.3, 0.4) is 0 Å². The Balaban J connectivity index is 2.82. The molecule has 0 atom stereocenters. The lowest BCUT2D eigenvalue weighted by Crippen LogP contribution is -1.97. The summed E-state index contributed by atoms with van der Waals surface area (Å²) in [5.41, 5.74) is 0.912. The average Bonchev–Trinajstić information content (AvgIpc) is 2.45. The molecule has 2 heterocycles. The Morgan fingerprint density at radius 1 is 1.45 bits per heavy atom. The standard InChI is InChI=1S/C7H5BrN2O/c8-6-2-4-10(11)7-5(6)1-3-9-7/h1-4,11H. The Bertz CT molecular complexity index is 325. The molecule has 2 aliphatic heterocycles. The minimum Gasteiger partial charge on any atom is -0.427 e. The Kier molecular flexibility index (Phi) is 1.35. The Morgan fingerprint density at radius 2 is 2.27 bits per heavy atom. The summed E-state index contributed by atoms with van der Waals surface area (Å²) in [5, 5.41) is 9.22. The normalized spacial score (nSPS) is 10.6. The van der Waals surface area contributed by atoms with E-state index in [1.54, 1.807) is 18.5 Å². The third-order valence-electron chi connectivity index (χ3n) is 1.52. The lowest BCUT2D eigenvalue weighted by Gasteiger charge is -2.04. The van der Waals surface area contributed by atoms with Gasteiger partial charge in [0.2, 0.25) is 0 Å². The molecule has 0 spiro atoms. The quantitative estimate of drug-likeness (QED) is 0.679. The van der Waals surface area contributed by atoms with E-state index >= 15 is 0 Å². The van der Waals surface area contributed by atoms with Crippen molar-refractivity contribution >= 4 is 15.9 Å². The molecule has 2 rings (SSSR count). The predicted molar refractivity (Wildman–Crippen MR) is 43.7 cm³/mol. The Morgan fingerprint density at radius 3 is 3.00 bits per heavy atom. The number of halogens is 1. The highest BCUT2D eigenvalue weighted by atomic mass is 79.9. The van der Waals surface area contributed by atoms with Crippen LogP contribution < -0.4 is 0 Å². The molecule has 0 radical (unpaired) electrons. The lowest BCUT2D eigenvalue weighted by atomic mass is 10.3. The van der Waals surface area contributed by atoms with Crippen LogP contribution in [0.5, 0.6) is 0 Å². The zero-order chi connectivity index (χ0) is 7.84. The van der Waals surface area contributed by atoms with E-state index in [4.69, 9.17) is 0 Å². The molecule has 0 bridgehead atoms. The van der Waals surface area contributed by atoms with Crippen molar-refractivity contribution in [2.24, 2.45) is 0 Å². The van der Waals surface area contributed by atoms with E-state index in [9.17, 15) is 5.21 Å². The van der Waals surface area contributed by atoms with Crippen molar-refractivity contribution in [1.29, 1.82) is 0 Å². The van der Waals surface area contributed by atoms with Gasteiger partial charge in [-0.05, 0) is 28.1 Å². The van der Waals surface area contributed by atoms with E-state index in [2.05, 4.69) is 20.9 Å². The molecule has 0 aromatic carbocycles. The highest BCUT2D eigenvalue weighted by molar-refractivity contribution is 9.10. The predicted octanol–water partition coefficient (Wildman–Crippen LogP) is 1.99. The molecule has 0 amide bonds. The maximum Gasteiger partial charge on any atom is 0.176 e. The minimum absolute atomic E-state index is 0.569. The van der Waals surface area contributed by atoms with Gasteiger partial charge in [0.1, 0.15) is 0 Å². The molecule has 0 saturated carbocycles. The molecule has 0 aromatic rings. The van der Waals surface area contributed by atoms with E-state index in [1.165, 1.54) is 0 Å². The number of aromatic nitrogens is 2. The number of hydrogen-bond donors (Lipinski definition) is 1. The Labute approximate surface area is 71.7 Å². The summed E-state index contributed by atoms with van der Waals surface area (Å²) in [4.78, 5) is 3.96. The van der Waals surface area contributed by atoms with Crippen LogP contribution in [0.15, 0.2) is 29.0 Å². The van der Waals surface area contributed by atoms with Crippen molar-refractivity contribution in [2.75, 3.05) is 0 Å². The van der Waals surface area contributed by atoms with Gasteiger partial charge in [0, 0.05) is 22.4 Å². The fourth-order valence-corrected chi connectivity index (χ4v) is 1.42. The van der Waals surface area contributed by atoms with Crippen LogP contribution in [0.25, 0.3) is 11.4 Å². The molecule has 3 nitrogen and oxygen atoms in total. The molecule has 0 aliphatic carbocycles. The van der Waals surface area contributed by atoms with Gasteiger partial charge in [-0.2, -0.15) is 4.73 Å². The summed E-state index contributed by atoms with van der Waals surface area (Å²) in [6.45, 7) is 0. The molecule has 1 N–H and O–H groups in total. The molecule has 0 saturated heterocycles. The highest BCUT2D eigenvalue weighted by Crippen LogP contribution is 2.27. The first-order valence-electron chi connectivity index (χ1n) is 3.10. The fraction of sp³-hybridized carbons (Fsp3) is 0. The second-order valence-corrected chi connectivity index (χ2v) is 3.04. The minimum atomic E-state index is 0.569. The second-order valence-electron chi connectivity index (χ2n) is 2.19. The topological polar surface area (TPSA) is 38.0 Å². The third kappa shape index (κ3) is 0.903. The zero-order valence-corrected chi connectivity index (χ0v) is 7.12. The van der Waals surface area contributed by atoms with Crippen molar-refractivity contribution in [3.05, 3.63) is 29.0 Å². The molecule has 0 fully saturated rings. The summed E-state index contributed by atoms with van der Waals surface area (Å²) in [6.07, 6.45) is 3.20. The molecule has 0 aromatic heterocycles. The first kappa shape index (κ1) is 6.67. The van der Waals surface area contributed by atoms with E-state index in [1.807, 2.05) is 6.07 Å². The third-order valence-corrected chi connectivity index (χ3v) is 2.21. The van der Waals surface area contributed by atoms with Crippen LogP contribution >= 0.6 is 15.9 Å². The maximum absolute atomic E-state index is 9.22. The molecule has 4 heteroatoms. The van der Waals surface area contributed by atoms with Crippen LogP contribution in [0, 0.1) is 0 Å². The number of hydrogen-bond acceptors (Lipinski definition) is 2. The molecule has 11 heavy (non-hydrogen) atoms. The van der Waals surface area contributed by atoms with Crippen LogP contribution in [-0.4, -0.2) is 14.9 Å². The first-order chi connectivity index (χ1) is 5.29. The monoisotopic (exact) mass is 212 g/mol. The summed E-state index contributed by atoms with van der Waals surface area (Å²) in [6, 6.07) is 3.61. The van der Waals surface area contributed by atoms with E-state index in [0.717, 1.165) is 14.8 Å². The zero-order valence-electron chi connectivity index (χ0n) is 5.53. The van der Waals surface area contributed by atoms with Gasteiger partial charge in [0.15, 0.2) is 5.82 Å². The SMILES string of the molecule is On1ccc(Br)c2ccnc1-2. The second kappa shape index (κ2) is 2.23. The molecule has 0 unspecified atom stereocenters. The highest BCUT2D eigenvalue weighted by Gasteiger charge is 2.10. The van der Waals surface area contributed by atoms with Crippen molar-refractivity contribution < 1.29 is 5.21 Å². The van der Waals surface area contributed by atoms with Crippen molar-refractivity contribution in [1.82, 2.24) is 9.71 Å². The van der Waals surface area contributed by atoms with Gasteiger partial charge >= 0.3 is 0 Å². The average molecular weight is 213 g/mol. The van der Waals surface area contributed by atoms with E-state index in [0.29, 0.717) is 5.82 Å². The van der Waals surface area contributed by atoms with Gasteiger partial charge in [-0.3, -0.25) is 0 Å². The summed E-state index contributed by atoms with van der Waals surface area (Å²) < 4.78 is 1.94. The summed E-state index contributed by atoms with van der Waals surface area (Å²) in [7, 11) is 0. The van der Waals surface area contributed by atoms with Gasteiger partial charge in [0.05, 0.1) is 0 Å². The largest absolute Gasteiger partial charge is 0.427 e. The maximum atomic E-state index is 9.22. The first-order valence-corrected chi connectivity index (χ1v) is 3.89. The number of pyridine rings is 1. The molecular weight excluding hydrogens is 208 g/mol. The van der Waals surface area contributed by atoms with Crippen molar-refractivity contribution in [3.63, 3.8) is 0 Å². The Hall–Kier alpha value is -1.03. The van der Waals surface area contributed by atoms with Crippen LogP contribution in [0.1, 0.15) is 0 Å². The van der Waals surface area contributed by atoms with E-state index < -0.39 is 0 Å².